The molecule has 0 unspecified atom stereocenters. The van der Waals surface area contributed by atoms with E-state index in [1.165, 1.54) is 0 Å². The fraction of sp³-hybridized carbons (Fsp3) is 0. The smallest absolute Gasteiger partial charge is 0.138 e. The van der Waals surface area contributed by atoms with Crippen LogP contribution in [0.5, 0.6) is 5.75 Å². The van der Waals surface area contributed by atoms with Crippen LogP contribution in [0.2, 0.25) is 5.02 Å². The van der Waals surface area contributed by atoms with Gasteiger partial charge in [0.15, 0.2) is 0 Å². The first-order valence-electron chi connectivity index (χ1n) is 4.52. The normalized spacial score (nSPS) is 10.2. The summed E-state index contributed by atoms with van der Waals surface area (Å²) in [6.07, 6.45) is 0. The van der Waals surface area contributed by atoms with Gasteiger partial charge in [-0.05, 0) is 23.8 Å². The van der Waals surface area contributed by atoms with Gasteiger partial charge in [-0.25, -0.2) is 0 Å². The van der Waals surface area contributed by atoms with E-state index in [-0.39, 0.29) is 5.75 Å². The zero-order valence-electron chi connectivity index (χ0n) is 7.94. The van der Waals surface area contributed by atoms with Crippen molar-refractivity contribution in [1.82, 2.24) is 0 Å². The van der Waals surface area contributed by atoms with E-state index in [1.807, 2.05) is 24.3 Å². The van der Waals surface area contributed by atoms with Crippen molar-refractivity contribution in [3.63, 3.8) is 0 Å². The van der Waals surface area contributed by atoms with Crippen molar-refractivity contribution >= 4 is 17.3 Å². The van der Waals surface area contributed by atoms with Gasteiger partial charge in [0, 0.05) is 10.6 Å². The second-order valence-electron chi connectivity index (χ2n) is 3.25. The number of hydrogen-bond acceptors (Lipinski definition) is 2. The molecular weight excluding hydrogens is 210 g/mol. The predicted octanol–water partition coefficient (Wildman–Crippen LogP) is 3.29. The molecule has 0 aliphatic carbocycles. The first-order valence-corrected chi connectivity index (χ1v) is 4.89. The highest BCUT2D eigenvalue weighted by Crippen LogP contribution is 2.31. The van der Waals surface area contributed by atoms with Crippen LogP contribution in [0.25, 0.3) is 11.1 Å². The van der Waals surface area contributed by atoms with Gasteiger partial charge in [-0.3, -0.25) is 0 Å². The molecule has 2 rings (SSSR count). The van der Waals surface area contributed by atoms with Crippen LogP contribution in [-0.4, -0.2) is 5.11 Å². The van der Waals surface area contributed by atoms with Crippen LogP contribution < -0.4 is 5.73 Å². The first-order chi connectivity index (χ1) is 7.18. The average Bonchev–Trinajstić information content (AvgIpc) is 2.23. The van der Waals surface area contributed by atoms with Gasteiger partial charge >= 0.3 is 0 Å². The predicted molar refractivity (Wildman–Crippen MR) is 63.0 cm³/mol. The molecule has 0 aliphatic rings. The van der Waals surface area contributed by atoms with E-state index in [0.717, 1.165) is 11.1 Å². The van der Waals surface area contributed by atoms with Crippen molar-refractivity contribution in [1.29, 1.82) is 0 Å². The Hall–Kier alpha value is -1.67. The van der Waals surface area contributed by atoms with E-state index in [1.54, 1.807) is 18.2 Å². The SMILES string of the molecule is Nc1cc(-c2ccccc2Cl)ccc1O. The summed E-state index contributed by atoms with van der Waals surface area (Å²) in [7, 11) is 0. The van der Waals surface area contributed by atoms with Gasteiger partial charge in [-0.1, -0.05) is 35.9 Å². The van der Waals surface area contributed by atoms with Gasteiger partial charge in [0.1, 0.15) is 5.75 Å². The Morgan fingerprint density at radius 3 is 2.47 bits per heavy atom. The molecule has 2 aromatic carbocycles. The summed E-state index contributed by atoms with van der Waals surface area (Å²) in [6.45, 7) is 0. The van der Waals surface area contributed by atoms with Gasteiger partial charge < -0.3 is 10.8 Å². The molecule has 0 saturated heterocycles. The van der Waals surface area contributed by atoms with Gasteiger partial charge in [0.25, 0.3) is 0 Å². The molecule has 76 valence electrons. The lowest BCUT2D eigenvalue weighted by Gasteiger charge is -2.06. The van der Waals surface area contributed by atoms with Crippen LogP contribution >= 0.6 is 11.6 Å². The van der Waals surface area contributed by atoms with Crippen LogP contribution in [0.3, 0.4) is 0 Å². The number of halogens is 1. The van der Waals surface area contributed by atoms with E-state index in [0.29, 0.717) is 10.7 Å². The van der Waals surface area contributed by atoms with Gasteiger partial charge in [-0.15, -0.1) is 0 Å². The molecule has 3 N–H and O–H groups in total. The van der Waals surface area contributed by atoms with Crippen LogP contribution in [0.1, 0.15) is 0 Å². The average molecular weight is 220 g/mol. The largest absolute Gasteiger partial charge is 0.506 e. The lowest BCUT2D eigenvalue weighted by Crippen LogP contribution is -1.87. The highest BCUT2D eigenvalue weighted by atomic mass is 35.5. The van der Waals surface area contributed by atoms with Crippen molar-refractivity contribution < 1.29 is 5.11 Å². The van der Waals surface area contributed by atoms with Crippen molar-refractivity contribution in [2.24, 2.45) is 0 Å². The van der Waals surface area contributed by atoms with Gasteiger partial charge in [0.2, 0.25) is 0 Å². The number of benzene rings is 2. The summed E-state index contributed by atoms with van der Waals surface area (Å²) in [6, 6.07) is 12.6. The molecule has 2 aromatic rings. The molecular formula is C12H10ClNO. The molecule has 0 amide bonds. The minimum absolute atomic E-state index is 0.0887. The van der Waals surface area contributed by atoms with E-state index in [2.05, 4.69) is 0 Å². The minimum Gasteiger partial charge on any atom is -0.506 e. The summed E-state index contributed by atoms with van der Waals surface area (Å²) in [4.78, 5) is 0. The molecule has 0 bridgehead atoms. The Labute approximate surface area is 92.9 Å². The van der Waals surface area contributed by atoms with Crippen molar-refractivity contribution in [2.45, 2.75) is 0 Å². The Bertz CT molecular complexity index is 497. The fourth-order valence-corrected chi connectivity index (χ4v) is 1.66. The monoisotopic (exact) mass is 219 g/mol. The zero-order chi connectivity index (χ0) is 10.8. The van der Waals surface area contributed by atoms with E-state index >= 15 is 0 Å². The number of anilines is 1. The fourth-order valence-electron chi connectivity index (χ4n) is 1.42. The molecule has 3 heteroatoms. The molecule has 2 nitrogen and oxygen atoms in total. The van der Waals surface area contributed by atoms with Crippen molar-refractivity contribution in [3.8, 4) is 16.9 Å². The molecule has 0 radical (unpaired) electrons. The van der Waals surface area contributed by atoms with Gasteiger partial charge in [-0.2, -0.15) is 0 Å². The quantitative estimate of drug-likeness (QED) is 0.571. The zero-order valence-corrected chi connectivity index (χ0v) is 8.70. The number of rotatable bonds is 1. The Balaban J connectivity index is 2.55. The molecule has 0 aromatic heterocycles. The second kappa shape index (κ2) is 3.83. The maximum absolute atomic E-state index is 9.30. The van der Waals surface area contributed by atoms with Crippen LogP contribution in [0, 0.1) is 0 Å². The topological polar surface area (TPSA) is 46.2 Å². The molecule has 0 aliphatic heterocycles. The molecule has 0 atom stereocenters. The summed E-state index contributed by atoms with van der Waals surface area (Å²) in [5, 5.41) is 9.97. The first kappa shape index (κ1) is 9.87. The number of nitrogens with two attached hydrogens (primary N) is 1. The highest BCUT2D eigenvalue weighted by molar-refractivity contribution is 6.33. The highest BCUT2D eigenvalue weighted by Gasteiger charge is 2.04. The molecule has 15 heavy (non-hydrogen) atoms. The van der Waals surface area contributed by atoms with E-state index in [4.69, 9.17) is 17.3 Å². The number of phenols is 1. The van der Waals surface area contributed by atoms with Crippen LogP contribution in [-0.2, 0) is 0 Å². The lowest BCUT2D eigenvalue weighted by molar-refractivity contribution is 0.478. The van der Waals surface area contributed by atoms with E-state index in [9.17, 15) is 5.11 Å². The molecule has 0 fully saturated rings. The molecule has 0 heterocycles. The summed E-state index contributed by atoms with van der Waals surface area (Å²) in [5.41, 5.74) is 7.78. The Morgan fingerprint density at radius 2 is 1.80 bits per heavy atom. The van der Waals surface area contributed by atoms with E-state index < -0.39 is 0 Å². The number of hydrogen-bond donors (Lipinski definition) is 2. The summed E-state index contributed by atoms with van der Waals surface area (Å²) < 4.78 is 0. The third-order valence-corrected chi connectivity index (χ3v) is 2.54. The third kappa shape index (κ3) is 1.90. The lowest BCUT2D eigenvalue weighted by atomic mass is 10.0. The van der Waals surface area contributed by atoms with Crippen molar-refractivity contribution in [2.75, 3.05) is 5.73 Å². The van der Waals surface area contributed by atoms with Crippen molar-refractivity contribution in [3.05, 3.63) is 47.5 Å². The maximum atomic E-state index is 9.30. The Morgan fingerprint density at radius 1 is 1.07 bits per heavy atom. The van der Waals surface area contributed by atoms with Crippen LogP contribution in [0.4, 0.5) is 5.69 Å². The molecule has 0 saturated carbocycles. The number of aromatic hydroxyl groups is 1. The number of phenolic OH excluding ortho intramolecular Hbond substituents is 1. The second-order valence-corrected chi connectivity index (χ2v) is 3.66. The minimum atomic E-state index is 0.0887. The van der Waals surface area contributed by atoms with Crippen LogP contribution in [0.15, 0.2) is 42.5 Å². The summed E-state index contributed by atoms with van der Waals surface area (Å²) >= 11 is 6.05. The van der Waals surface area contributed by atoms with Gasteiger partial charge in [0.05, 0.1) is 5.69 Å². The summed E-state index contributed by atoms with van der Waals surface area (Å²) in [5.74, 6) is 0.0887. The standard InChI is InChI=1S/C12H10ClNO/c13-10-4-2-1-3-9(10)8-5-6-12(15)11(14)7-8/h1-7,15H,14H2. The maximum Gasteiger partial charge on any atom is 0.138 e. The Kier molecular flexibility index (Phi) is 2.52. The third-order valence-electron chi connectivity index (χ3n) is 2.21. The molecule has 0 spiro atoms. The number of nitrogen functional groups attached to an aromatic ring is 1.